The molecule has 14 nitrogen and oxygen atoms in total. The van der Waals surface area contributed by atoms with E-state index < -0.39 is 11.7 Å². The Balaban J connectivity index is 0.757. The van der Waals surface area contributed by atoms with Crippen LogP contribution < -0.4 is 25.8 Å². The minimum absolute atomic E-state index is 0.131. The van der Waals surface area contributed by atoms with Gasteiger partial charge in [0.15, 0.2) is 5.78 Å². The van der Waals surface area contributed by atoms with Crippen molar-refractivity contribution in [3.8, 4) is 27.7 Å². The molecule has 0 aliphatic rings. The summed E-state index contributed by atoms with van der Waals surface area (Å²) in [5, 5.41) is 26.8. The summed E-state index contributed by atoms with van der Waals surface area (Å²) in [6.45, 7) is 7.56. The molecule has 7 rings (SSSR count). The quantitative estimate of drug-likeness (QED) is 0.0190. The summed E-state index contributed by atoms with van der Waals surface area (Å²) >= 11 is 6.30. The number of nitrogens with two attached hydrogens (primary N) is 1. The first-order chi connectivity index (χ1) is 32.1. The molecule has 1 amide bonds. The predicted molar refractivity (Wildman–Crippen MR) is 261 cm³/mol. The number of aromatic hydroxyl groups is 2. The van der Waals surface area contributed by atoms with Crippen LogP contribution in [0.3, 0.4) is 0 Å². The van der Waals surface area contributed by atoms with E-state index in [1.165, 1.54) is 35.4 Å². The molecule has 2 heterocycles. The number of likely N-dealkylation sites (N-methyl/N-ethyl adjacent to an activating group) is 1. The van der Waals surface area contributed by atoms with Crippen molar-refractivity contribution in [1.29, 1.82) is 0 Å². The van der Waals surface area contributed by atoms with E-state index in [1.807, 2.05) is 24.3 Å². The highest BCUT2D eigenvalue weighted by Gasteiger charge is 2.22. The number of phenolic OH excluding ortho intramolecular Hbond substituents is 2. The number of phenols is 2. The zero-order valence-corrected chi connectivity index (χ0v) is 39.0. The first-order valence-corrected chi connectivity index (χ1v) is 23.3. The SMILES string of the molecule is CCN(CCOCCOCCNSc1ccc(Nc2ncc(Br)c(Nc3cccc(F)c3C(N)=O)n2)cc1)CCOc1ccc(C(=O)c2c(-c3ccc(O)cc3)sc3cc(O)ccc23)cc1. The van der Waals surface area contributed by atoms with Gasteiger partial charge in [0.1, 0.15) is 35.5 Å². The number of anilines is 4. The topological polar surface area (TPSA) is 193 Å². The van der Waals surface area contributed by atoms with Crippen molar-refractivity contribution >= 4 is 84.1 Å². The van der Waals surface area contributed by atoms with Gasteiger partial charge in [-0.25, -0.2) is 9.37 Å². The Morgan fingerprint density at radius 3 is 2.32 bits per heavy atom. The Kier molecular flexibility index (Phi) is 16.9. The van der Waals surface area contributed by atoms with Crippen molar-refractivity contribution in [1.82, 2.24) is 19.6 Å². The third-order valence-corrected chi connectivity index (χ3v) is 12.7. The van der Waals surface area contributed by atoms with E-state index >= 15 is 0 Å². The molecule has 0 radical (unpaired) electrons. The number of carbonyl (C=O) groups is 2. The molecule has 0 saturated heterocycles. The second kappa shape index (κ2) is 23.4. The number of fused-ring (bicyclic) bond motifs is 1. The third-order valence-electron chi connectivity index (χ3n) is 10.1. The second-order valence-corrected chi connectivity index (χ2v) is 17.5. The summed E-state index contributed by atoms with van der Waals surface area (Å²) in [5.41, 5.74) is 7.94. The lowest BCUT2D eigenvalue weighted by molar-refractivity contribution is 0.0398. The minimum Gasteiger partial charge on any atom is -0.508 e. The first-order valence-electron chi connectivity index (χ1n) is 20.9. The minimum atomic E-state index is -0.896. The van der Waals surface area contributed by atoms with Gasteiger partial charge in [-0.1, -0.05) is 13.0 Å². The van der Waals surface area contributed by atoms with Crippen molar-refractivity contribution < 1.29 is 38.4 Å². The van der Waals surface area contributed by atoms with Crippen LogP contribution in [0.2, 0.25) is 0 Å². The Hall–Kier alpha value is -6.12. The molecule has 7 N–H and O–H groups in total. The van der Waals surface area contributed by atoms with Gasteiger partial charge in [0, 0.05) is 62.5 Å². The predicted octanol–water partition coefficient (Wildman–Crippen LogP) is 9.52. The van der Waals surface area contributed by atoms with E-state index in [1.54, 1.807) is 72.9 Å². The number of ketones is 1. The Morgan fingerprint density at radius 2 is 1.58 bits per heavy atom. The van der Waals surface area contributed by atoms with Crippen molar-refractivity contribution in [2.24, 2.45) is 5.73 Å². The number of amides is 1. The number of hydrogen-bond donors (Lipinski definition) is 6. The van der Waals surface area contributed by atoms with E-state index in [2.05, 4.69) is 53.1 Å². The number of benzene rings is 5. The van der Waals surface area contributed by atoms with Gasteiger partial charge in [0.05, 0.1) is 42.2 Å². The van der Waals surface area contributed by atoms with E-state index in [4.69, 9.17) is 19.9 Å². The molecular formula is C48H47BrFN7O7S2. The maximum absolute atomic E-state index is 14.2. The van der Waals surface area contributed by atoms with Gasteiger partial charge in [-0.15, -0.1) is 11.3 Å². The summed E-state index contributed by atoms with van der Waals surface area (Å²) in [6.07, 6.45) is 1.54. The largest absolute Gasteiger partial charge is 0.508 e. The number of nitrogens with zero attached hydrogens (tertiary/aromatic N) is 3. The third kappa shape index (κ3) is 12.8. The van der Waals surface area contributed by atoms with Gasteiger partial charge in [-0.3, -0.25) is 19.2 Å². The summed E-state index contributed by atoms with van der Waals surface area (Å²) in [4.78, 5) is 38.5. The lowest BCUT2D eigenvalue weighted by Gasteiger charge is -2.20. The van der Waals surface area contributed by atoms with Crippen molar-refractivity contribution in [3.05, 3.63) is 142 Å². The van der Waals surface area contributed by atoms with E-state index in [-0.39, 0.29) is 34.5 Å². The molecule has 0 spiro atoms. The van der Waals surface area contributed by atoms with Gasteiger partial charge < -0.3 is 40.8 Å². The molecule has 0 aliphatic carbocycles. The van der Waals surface area contributed by atoms with E-state index in [0.29, 0.717) is 73.3 Å². The highest BCUT2D eigenvalue weighted by Crippen LogP contribution is 2.41. The zero-order chi connectivity index (χ0) is 46.4. The van der Waals surface area contributed by atoms with Crippen LogP contribution in [0.1, 0.15) is 33.2 Å². The lowest BCUT2D eigenvalue weighted by atomic mass is 9.97. The van der Waals surface area contributed by atoms with Gasteiger partial charge in [0.25, 0.3) is 5.91 Å². The molecule has 0 unspecified atom stereocenters. The van der Waals surface area contributed by atoms with E-state index in [0.717, 1.165) is 50.3 Å². The van der Waals surface area contributed by atoms with Gasteiger partial charge >= 0.3 is 0 Å². The summed E-state index contributed by atoms with van der Waals surface area (Å²) in [6, 6.07) is 30.8. The highest BCUT2D eigenvalue weighted by atomic mass is 79.9. The van der Waals surface area contributed by atoms with Crippen molar-refractivity contribution in [3.63, 3.8) is 0 Å². The fourth-order valence-electron chi connectivity index (χ4n) is 6.71. The smallest absolute Gasteiger partial charge is 0.253 e. The maximum atomic E-state index is 14.2. The number of carbonyl (C=O) groups excluding carboxylic acids is 2. The fraction of sp³-hybridized carbons (Fsp3) is 0.208. The Bertz CT molecular complexity index is 2750. The molecule has 18 heteroatoms. The zero-order valence-electron chi connectivity index (χ0n) is 35.8. The molecule has 0 fully saturated rings. The fourth-order valence-corrected chi connectivity index (χ4v) is 8.87. The van der Waals surface area contributed by atoms with Crippen LogP contribution >= 0.6 is 39.2 Å². The van der Waals surface area contributed by atoms with Crippen molar-refractivity contribution in [2.45, 2.75) is 11.8 Å². The molecule has 0 aliphatic heterocycles. The van der Waals surface area contributed by atoms with Crippen LogP contribution in [0, 0.1) is 5.82 Å². The monoisotopic (exact) mass is 995 g/mol. The van der Waals surface area contributed by atoms with E-state index in [9.17, 15) is 24.2 Å². The first kappa shape index (κ1) is 47.8. The van der Waals surface area contributed by atoms with Crippen LogP contribution in [0.15, 0.2) is 125 Å². The molecule has 7 aromatic rings. The van der Waals surface area contributed by atoms with Gasteiger partial charge in [0.2, 0.25) is 5.95 Å². The summed E-state index contributed by atoms with van der Waals surface area (Å²) in [5.74, 6) is -0.214. The standard InChI is InChI=1S/C48H47BrFN7O7S2/c1-2-57(22-25-64-35-15-8-30(9-16-35)44(60)42-37-19-14-34(59)28-41(37)65-45(42)31-6-12-33(58)13-7-31)21-24-63-27-26-62-23-20-53-66-36-17-10-32(11-18-36)54-48-52-29-38(49)47(56-48)55-40-5-3-4-39(50)43(40)46(51)61/h3-19,28-29,53,58-59H,2,20-27H2,1H3,(H2,51,61)(H2,52,54,55,56). The maximum Gasteiger partial charge on any atom is 0.253 e. The van der Waals surface area contributed by atoms with Crippen molar-refractivity contribution in [2.75, 3.05) is 69.8 Å². The van der Waals surface area contributed by atoms with Gasteiger partial charge in [-0.2, -0.15) is 4.98 Å². The summed E-state index contributed by atoms with van der Waals surface area (Å²) in [7, 11) is 0. The molecule has 2 aromatic heterocycles. The van der Waals surface area contributed by atoms with Crippen LogP contribution in [-0.2, 0) is 9.47 Å². The number of halogens is 2. The average Bonchev–Trinajstić information content (AvgIpc) is 3.69. The highest BCUT2D eigenvalue weighted by molar-refractivity contribution is 9.10. The number of nitrogens with one attached hydrogen (secondary N) is 3. The number of hydrogen-bond acceptors (Lipinski definition) is 15. The normalized spacial score (nSPS) is 11.3. The lowest BCUT2D eigenvalue weighted by Crippen LogP contribution is -2.31. The number of ether oxygens (including phenoxy) is 3. The molecule has 66 heavy (non-hydrogen) atoms. The number of thiophene rings is 1. The van der Waals surface area contributed by atoms with Crippen LogP contribution in [-0.4, -0.2) is 96.0 Å². The Morgan fingerprint density at radius 1 is 0.848 bits per heavy atom. The van der Waals surface area contributed by atoms with Crippen LogP contribution in [0.5, 0.6) is 17.2 Å². The number of aromatic nitrogens is 2. The summed E-state index contributed by atoms with van der Waals surface area (Å²) < 4.78 is 36.4. The average molecular weight is 997 g/mol. The number of primary amides is 1. The van der Waals surface area contributed by atoms with Gasteiger partial charge in [-0.05, 0) is 143 Å². The number of rotatable bonds is 24. The molecule has 342 valence electrons. The molecular weight excluding hydrogens is 950 g/mol. The Labute approximate surface area is 397 Å². The molecule has 5 aromatic carbocycles. The molecule has 0 atom stereocenters. The molecule has 0 saturated carbocycles. The second-order valence-electron chi connectivity index (χ2n) is 14.6. The van der Waals surface area contributed by atoms with Crippen LogP contribution in [0.4, 0.5) is 27.5 Å². The molecule has 0 bridgehead atoms. The van der Waals surface area contributed by atoms with Crippen LogP contribution in [0.25, 0.3) is 20.5 Å².